The first-order valence-corrected chi connectivity index (χ1v) is 8.74. The minimum atomic E-state index is -4.52. The Hall–Kier alpha value is -3.03. The minimum absolute atomic E-state index is 0.0523. The van der Waals surface area contributed by atoms with E-state index in [1.807, 2.05) is 0 Å². The van der Waals surface area contributed by atoms with E-state index >= 15 is 0 Å². The van der Waals surface area contributed by atoms with Gasteiger partial charge in [0.1, 0.15) is 5.75 Å². The van der Waals surface area contributed by atoms with Gasteiger partial charge in [-0.2, -0.15) is 13.2 Å². The Labute approximate surface area is 160 Å². The zero-order chi connectivity index (χ0) is 20.3. The van der Waals surface area contributed by atoms with E-state index in [2.05, 4.69) is 4.90 Å². The number of ether oxygens (including phenoxy) is 1. The number of alkyl halides is 3. The van der Waals surface area contributed by atoms with E-state index in [0.29, 0.717) is 26.2 Å². The molecule has 0 N–H and O–H groups in total. The molecule has 1 fully saturated rings. The Kier molecular flexibility index (Phi) is 5.58. The molecular weight excluding hydrogens is 373 g/mol. The number of carbonyl (C=O) groups is 2. The third kappa shape index (κ3) is 4.62. The summed E-state index contributed by atoms with van der Waals surface area (Å²) in [6.07, 6.45) is -4.52. The number of rotatable bonds is 3. The Morgan fingerprint density at radius 3 is 2.18 bits per heavy atom. The zero-order valence-electron chi connectivity index (χ0n) is 15.2. The number of carbonyl (C=O) groups excluding carboxylic acids is 2. The molecule has 8 heteroatoms. The zero-order valence-corrected chi connectivity index (χ0v) is 15.2. The molecule has 28 heavy (non-hydrogen) atoms. The Balaban J connectivity index is 1.63. The molecule has 0 radical (unpaired) electrons. The van der Waals surface area contributed by atoms with Gasteiger partial charge in [-0.1, -0.05) is 6.07 Å². The maximum absolute atomic E-state index is 12.8. The molecular formula is C20H19F3N2O3. The molecule has 0 unspecified atom stereocenters. The second kappa shape index (κ2) is 7.92. The molecule has 1 amide bonds. The second-order valence-electron chi connectivity index (χ2n) is 6.46. The van der Waals surface area contributed by atoms with Crippen molar-refractivity contribution in [3.05, 3.63) is 59.7 Å². The van der Waals surface area contributed by atoms with Crippen molar-refractivity contribution in [2.45, 2.75) is 13.1 Å². The summed E-state index contributed by atoms with van der Waals surface area (Å²) < 4.78 is 43.5. The molecule has 0 saturated carbocycles. The van der Waals surface area contributed by atoms with Crippen molar-refractivity contribution in [1.82, 2.24) is 4.90 Å². The molecule has 0 spiro atoms. The number of piperazine rings is 1. The molecule has 1 aliphatic heterocycles. The van der Waals surface area contributed by atoms with Crippen LogP contribution < -0.4 is 9.64 Å². The molecule has 2 aromatic rings. The van der Waals surface area contributed by atoms with E-state index in [9.17, 15) is 22.8 Å². The van der Waals surface area contributed by atoms with Crippen molar-refractivity contribution in [3.8, 4) is 5.75 Å². The van der Waals surface area contributed by atoms with Crippen LogP contribution in [0.2, 0.25) is 0 Å². The van der Waals surface area contributed by atoms with E-state index in [-0.39, 0.29) is 17.2 Å². The molecule has 0 atom stereocenters. The topological polar surface area (TPSA) is 49.9 Å². The number of amides is 1. The van der Waals surface area contributed by atoms with Crippen molar-refractivity contribution < 1.29 is 27.5 Å². The third-order valence-corrected chi connectivity index (χ3v) is 4.56. The van der Waals surface area contributed by atoms with Gasteiger partial charge in [-0.15, -0.1) is 0 Å². The summed E-state index contributed by atoms with van der Waals surface area (Å²) in [7, 11) is 0. The average molecular weight is 392 g/mol. The minimum Gasteiger partial charge on any atom is -0.423 e. The predicted octanol–water partition coefficient (Wildman–Crippen LogP) is 3.59. The molecule has 1 saturated heterocycles. The summed E-state index contributed by atoms with van der Waals surface area (Å²) in [5.74, 6) is -0.557. The van der Waals surface area contributed by atoms with E-state index < -0.39 is 17.7 Å². The molecule has 5 nitrogen and oxygen atoms in total. The molecule has 0 bridgehead atoms. The number of benzene rings is 2. The van der Waals surface area contributed by atoms with E-state index in [1.165, 1.54) is 12.1 Å². The quantitative estimate of drug-likeness (QED) is 0.592. The van der Waals surface area contributed by atoms with Crippen molar-refractivity contribution >= 4 is 17.6 Å². The standard InChI is InChI=1S/C20H19F3N2O3/c1-14(26)24-9-11-25(12-10-24)17-5-7-18(8-6-17)28-19(27)15-3-2-4-16(13-15)20(21,22)23/h2-8,13H,9-12H2,1H3. The molecule has 1 heterocycles. The molecule has 0 aromatic heterocycles. The van der Waals surface area contributed by atoms with Gasteiger partial charge in [0.2, 0.25) is 5.91 Å². The van der Waals surface area contributed by atoms with Crippen LogP contribution >= 0.6 is 0 Å². The summed E-state index contributed by atoms with van der Waals surface area (Å²) in [5.41, 5.74) is -0.150. The van der Waals surface area contributed by atoms with E-state index in [4.69, 9.17) is 4.74 Å². The van der Waals surface area contributed by atoms with Crippen LogP contribution in [0, 0.1) is 0 Å². The van der Waals surface area contributed by atoms with Gasteiger partial charge < -0.3 is 14.5 Å². The lowest BCUT2D eigenvalue weighted by Crippen LogP contribution is -2.48. The lowest BCUT2D eigenvalue weighted by molar-refractivity contribution is -0.137. The number of esters is 1. The summed E-state index contributed by atoms with van der Waals surface area (Å²) in [6.45, 7) is 4.22. The number of hydrogen-bond acceptors (Lipinski definition) is 4. The number of halogens is 3. The van der Waals surface area contributed by atoms with Crippen LogP contribution in [0.25, 0.3) is 0 Å². The highest BCUT2D eigenvalue weighted by atomic mass is 19.4. The van der Waals surface area contributed by atoms with Gasteiger partial charge in [0, 0.05) is 38.8 Å². The van der Waals surface area contributed by atoms with Gasteiger partial charge in [-0.25, -0.2) is 4.79 Å². The summed E-state index contributed by atoms with van der Waals surface area (Å²) in [4.78, 5) is 27.4. The van der Waals surface area contributed by atoms with Gasteiger partial charge in [0.05, 0.1) is 11.1 Å². The SMILES string of the molecule is CC(=O)N1CCN(c2ccc(OC(=O)c3cccc(C(F)(F)F)c3)cc2)CC1. The molecule has 2 aromatic carbocycles. The van der Waals surface area contributed by atoms with Crippen molar-refractivity contribution in [2.75, 3.05) is 31.1 Å². The van der Waals surface area contributed by atoms with Gasteiger partial charge in [0.25, 0.3) is 0 Å². The van der Waals surface area contributed by atoms with E-state index in [1.54, 1.807) is 36.1 Å². The van der Waals surface area contributed by atoms with Gasteiger partial charge in [0.15, 0.2) is 0 Å². The lowest BCUT2D eigenvalue weighted by atomic mass is 10.1. The number of nitrogens with zero attached hydrogens (tertiary/aromatic N) is 2. The summed E-state index contributed by atoms with van der Waals surface area (Å²) >= 11 is 0. The van der Waals surface area contributed by atoms with Crippen LogP contribution in [0.1, 0.15) is 22.8 Å². The first-order valence-electron chi connectivity index (χ1n) is 8.74. The largest absolute Gasteiger partial charge is 0.423 e. The monoisotopic (exact) mass is 392 g/mol. The normalized spacial score (nSPS) is 14.7. The van der Waals surface area contributed by atoms with E-state index in [0.717, 1.165) is 17.8 Å². The Bertz CT molecular complexity index is 858. The van der Waals surface area contributed by atoms with Crippen LogP contribution in [-0.4, -0.2) is 43.0 Å². The van der Waals surface area contributed by atoms with Crippen molar-refractivity contribution in [2.24, 2.45) is 0 Å². The highest BCUT2D eigenvalue weighted by Gasteiger charge is 2.31. The Morgan fingerprint density at radius 1 is 0.964 bits per heavy atom. The lowest BCUT2D eigenvalue weighted by Gasteiger charge is -2.35. The van der Waals surface area contributed by atoms with Crippen molar-refractivity contribution in [3.63, 3.8) is 0 Å². The molecule has 3 rings (SSSR count). The van der Waals surface area contributed by atoms with Crippen LogP contribution in [0.15, 0.2) is 48.5 Å². The predicted molar refractivity (Wildman–Crippen MR) is 97.3 cm³/mol. The highest BCUT2D eigenvalue weighted by Crippen LogP contribution is 2.30. The third-order valence-electron chi connectivity index (χ3n) is 4.56. The fraction of sp³-hybridized carbons (Fsp3) is 0.300. The Morgan fingerprint density at radius 2 is 1.61 bits per heavy atom. The fourth-order valence-corrected chi connectivity index (χ4v) is 2.99. The maximum Gasteiger partial charge on any atom is 0.416 e. The van der Waals surface area contributed by atoms with Gasteiger partial charge in [-0.05, 0) is 42.5 Å². The van der Waals surface area contributed by atoms with Gasteiger partial charge in [-0.3, -0.25) is 4.79 Å². The number of anilines is 1. The first-order chi connectivity index (χ1) is 13.2. The fourth-order valence-electron chi connectivity index (χ4n) is 2.99. The smallest absolute Gasteiger partial charge is 0.416 e. The van der Waals surface area contributed by atoms with Gasteiger partial charge >= 0.3 is 12.1 Å². The van der Waals surface area contributed by atoms with Crippen molar-refractivity contribution in [1.29, 1.82) is 0 Å². The summed E-state index contributed by atoms with van der Waals surface area (Å²) in [5, 5.41) is 0. The highest BCUT2D eigenvalue weighted by molar-refractivity contribution is 5.91. The van der Waals surface area contributed by atoms with Crippen LogP contribution in [-0.2, 0) is 11.0 Å². The maximum atomic E-state index is 12.8. The molecule has 1 aliphatic rings. The van der Waals surface area contributed by atoms with Crippen LogP contribution in [0.4, 0.5) is 18.9 Å². The molecule has 0 aliphatic carbocycles. The average Bonchev–Trinajstić information content (AvgIpc) is 2.68. The summed E-state index contributed by atoms with van der Waals surface area (Å²) in [6, 6.07) is 10.9. The second-order valence-corrected chi connectivity index (χ2v) is 6.46. The van der Waals surface area contributed by atoms with Crippen LogP contribution in [0.3, 0.4) is 0 Å². The number of hydrogen-bond donors (Lipinski definition) is 0. The first kappa shape index (κ1) is 19.7. The molecule has 148 valence electrons. The van der Waals surface area contributed by atoms with Crippen LogP contribution in [0.5, 0.6) is 5.75 Å².